The van der Waals surface area contributed by atoms with Gasteiger partial charge in [-0.15, -0.1) is 0 Å². The van der Waals surface area contributed by atoms with E-state index in [2.05, 4.69) is 47.7 Å². The molecule has 372 valence electrons. The molecule has 6 rings (SSSR count). The number of aryl methyl sites for hydroxylation is 1. The molecule has 0 saturated heterocycles. The summed E-state index contributed by atoms with van der Waals surface area (Å²) in [6, 6.07) is 11.5. The highest BCUT2D eigenvalue weighted by molar-refractivity contribution is 8.76. The van der Waals surface area contributed by atoms with Crippen molar-refractivity contribution < 1.29 is 44.0 Å². The van der Waals surface area contributed by atoms with E-state index in [1.807, 2.05) is 38.1 Å². The second-order valence-corrected chi connectivity index (χ2v) is 20.0. The molecule has 0 spiro atoms. The van der Waals surface area contributed by atoms with E-state index in [0.29, 0.717) is 53.9 Å². The molecule has 4 heterocycles. The van der Waals surface area contributed by atoms with Crippen molar-refractivity contribution >= 4 is 96.5 Å². The third kappa shape index (κ3) is 13.8. The van der Waals surface area contributed by atoms with Crippen molar-refractivity contribution in [1.29, 1.82) is 0 Å². The van der Waals surface area contributed by atoms with Crippen molar-refractivity contribution in [3.8, 4) is 0 Å². The molecule has 0 aliphatic carbocycles. The van der Waals surface area contributed by atoms with Crippen LogP contribution in [-0.2, 0) is 32.0 Å². The number of carbonyl (C=O) groups excluding carboxylic acids is 2. The van der Waals surface area contributed by atoms with Gasteiger partial charge in [0.1, 0.15) is 54.4 Å². The monoisotopic (exact) mass is 992 g/mol. The lowest BCUT2D eigenvalue weighted by Gasteiger charge is -2.35. The maximum atomic E-state index is 13.0. The van der Waals surface area contributed by atoms with Crippen LogP contribution < -0.4 is 43.2 Å². The lowest BCUT2D eigenvalue weighted by Crippen LogP contribution is -2.48. The van der Waals surface area contributed by atoms with E-state index in [0.717, 1.165) is 41.5 Å². The summed E-state index contributed by atoms with van der Waals surface area (Å²) in [6.07, 6.45) is 0.0775. The molecule has 0 radical (unpaired) electrons. The Morgan fingerprint density at radius 2 is 1.72 bits per heavy atom. The van der Waals surface area contributed by atoms with E-state index >= 15 is 0 Å². The number of aliphatic hydroxyl groups excluding tert-OH is 1. The summed E-state index contributed by atoms with van der Waals surface area (Å²) in [5, 5.41) is 42.6. The molecule has 1 aliphatic rings. The van der Waals surface area contributed by atoms with Crippen LogP contribution in [0, 0.1) is 5.41 Å². The van der Waals surface area contributed by atoms with E-state index in [-0.39, 0.29) is 49.4 Å². The van der Waals surface area contributed by atoms with Gasteiger partial charge in [-0.25, -0.2) is 19.6 Å². The zero-order valence-corrected chi connectivity index (χ0v) is 40.5. The maximum Gasteiger partial charge on any atom is 0.508 e. The number of hydrogen-bond acceptors (Lipinski definition) is 19. The van der Waals surface area contributed by atoms with Crippen LogP contribution in [0.5, 0.6) is 0 Å². The van der Waals surface area contributed by atoms with Crippen molar-refractivity contribution in [1.82, 2.24) is 35.1 Å². The molecule has 24 heteroatoms. The van der Waals surface area contributed by atoms with Gasteiger partial charge in [-0.05, 0) is 49.6 Å². The minimum Gasteiger partial charge on any atom is -0.480 e. The number of aromatic nitrogens is 5. The number of aliphatic hydroxyl groups is 1. The summed E-state index contributed by atoms with van der Waals surface area (Å²) >= 11 is 0. The highest BCUT2D eigenvalue weighted by Gasteiger charge is 2.29. The number of nitrogens with zero attached hydrogens (tertiary/aromatic N) is 5. The van der Waals surface area contributed by atoms with Crippen LogP contribution >= 0.6 is 21.6 Å². The number of ether oxygens (including phenoxy) is 2. The summed E-state index contributed by atoms with van der Waals surface area (Å²) in [4.78, 5) is 80.0. The number of unbranched alkanes of at least 4 members (excludes halogenated alkanes) is 1. The molecular formula is C45H60N12O10S2. The SMILES string of the molecule is CCCCc1nc2c(N)nc3ccccc3c2n1CC(C)(C)COC(=O)OCCSSCC(NC(O)CCC(NC(=O)c1ccc(NCC2CNc3[nH]c(N)nc(=O)c3N2C)cc1)C(=O)O)C(=O)O. The number of H-pyrrole nitrogens is 1. The number of carbonyl (C=O) groups is 4. The fourth-order valence-electron chi connectivity index (χ4n) is 7.70. The van der Waals surface area contributed by atoms with E-state index in [9.17, 15) is 39.3 Å². The number of nitrogen functional groups attached to an aromatic ring is 2. The second-order valence-electron chi connectivity index (χ2n) is 17.4. The summed E-state index contributed by atoms with van der Waals surface area (Å²) in [7, 11) is 4.23. The Hall–Kier alpha value is -6.50. The van der Waals surface area contributed by atoms with Crippen molar-refractivity contribution in [3.63, 3.8) is 0 Å². The first kappa shape index (κ1) is 51.9. The van der Waals surface area contributed by atoms with Gasteiger partial charge in [-0.2, -0.15) is 4.98 Å². The summed E-state index contributed by atoms with van der Waals surface area (Å²) in [6.45, 7) is 7.60. The van der Waals surface area contributed by atoms with Gasteiger partial charge in [-0.1, -0.05) is 67.0 Å². The smallest absolute Gasteiger partial charge is 0.480 e. The molecule has 2 aromatic carbocycles. The highest BCUT2D eigenvalue weighted by Crippen LogP contribution is 2.32. The van der Waals surface area contributed by atoms with Gasteiger partial charge in [0.2, 0.25) is 5.95 Å². The normalized spacial score (nSPS) is 14.9. The van der Waals surface area contributed by atoms with Gasteiger partial charge in [0.25, 0.3) is 11.5 Å². The predicted molar refractivity (Wildman–Crippen MR) is 268 cm³/mol. The number of para-hydroxylation sites is 1. The Morgan fingerprint density at radius 1 is 0.986 bits per heavy atom. The molecule has 1 aliphatic heterocycles. The number of hydrogen-bond donors (Lipinski definition) is 10. The maximum absolute atomic E-state index is 13.0. The topological polar surface area (TPSA) is 327 Å². The van der Waals surface area contributed by atoms with Crippen molar-refractivity contribution in [3.05, 3.63) is 70.3 Å². The van der Waals surface area contributed by atoms with Gasteiger partial charge in [0, 0.05) is 66.7 Å². The number of benzene rings is 2. The number of anilines is 5. The average molecular weight is 993 g/mol. The number of carboxylic acid groups (broad SMARTS) is 2. The quantitative estimate of drug-likeness (QED) is 0.0170. The van der Waals surface area contributed by atoms with Gasteiger partial charge in [0.15, 0.2) is 5.82 Å². The second kappa shape index (κ2) is 23.7. The van der Waals surface area contributed by atoms with Gasteiger partial charge in [-0.3, -0.25) is 19.7 Å². The molecule has 4 atom stereocenters. The third-order valence-electron chi connectivity index (χ3n) is 11.4. The van der Waals surface area contributed by atoms with Gasteiger partial charge in [0.05, 0.1) is 17.1 Å². The lowest BCUT2D eigenvalue weighted by atomic mass is 9.94. The Bertz CT molecular complexity index is 2670. The molecule has 4 unspecified atom stereocenters. The zero-order valence-electron chi connectivity index (χ0n) is 38.8. The molecule has 69 heavy (non-hydrogen) atoms. The molecule has 1 amide bonds. The fraction of sp³-hybridized carbons (Fsp3) is 0.467. The molecule has 5 aromatic rings. The number of aromatic amines is 1. The van der Waals surface area contributed by atoms with Crippen LogP contribution in [0.1, 0.15) is 62.6 Å². The van der Waals surface area contributed by atoms with Crippen LogP contribution in [0.4, 0.5) is 33.8 Å². The first-order chi connectivity index (χ1) is 32.9. The molecule has 0 fully saturated rings. The standard InChI is InChI=1S/C45H60N12O10S2/c1-5-6-11-32-53-34-35(28-9-7-8-10-29(28)51-37(34)46)57(32)23-45(2,3)24-67-44(65)66-18-19-68-69-22-31(42(63)64)50-33(58)17-16-30(41(61)62)52-39(59)25-12-14-26(15-13-25)48-20-27-21-49-38-36(56(27)4)40(60)55-43(47)54-38/h7-10,12-15,27,30-31,33,48,50,58H,5-6,11,16-24H2,1-4H3,(H2,46,51)(H,52,59)(H,61,62)(H,63,64)(H4,47,49,54,55,60). The summed E-state index contributed by atoms with van der Waals surface area (Å²) in [5.41, 5.74) is 14.6. The number of nitrogens with one attached hydrogen (secondary N) is 5. The molecule has 3 aromatic heterocycles. The summed E-state index contributed by atoms with van der Waals surface area (Å²) in [5.74, 6) is -1.11. The van der Waals surface area contributed by atoms with E-state index in [1.165, 1.54) is 33.7 Å². The first-order valence-electron chi connectivity index (χ1n) is 22.4. The number of rotatable bonds is 25. The third-order valence-corrected chi connectivity index (χ3v) is 13.7. The van der Waals surface area contributed by atoms with Crippen molar-refractivity contribution in [2.24, 2.45) is 5.41 Å². The lowest BCUT2D eigenvalue weighted by molar-refractivity contribution is -0.141. The van der Waals surface area contributed by atoms with Crippen LogP contribution in [0.3, 0.4) is 0 Å². The number of nitrogens with two attached hydrogens (primary N) is 2. The number of aliphatic carboxylic acids is 2. The fourth-order valence-corrected chi connectivity index (χ4v) is 9.69. The number of fused-ring (bicyclic) bond motifs is 4. The molecular weight excluding hydrogens is 933 g/mol. The number of imidazole rings is 1. The Balaban J connectivity index is 0.884. The molecule has 22 nitrogen and oxygen atoms in total. The Kier molecular flexibility index (Phi) is 17.8. The molecule has 0 bridgehead atoms. The predicted octanol–water partition coefficient (Wildman–Crippen LogP) is 4.10. The van der Waals surface area contributed by atoms with Crippen LogP contribution in [0.15, 0.2) is 53.3 Å². The number of carboxylic acids is 2. The van der Waals surface area contributed by atoms with E-state index in [1.54, 1.807) is 24.1 Å². The largest absolute Gasteiger partial charge is 0.508 e. The van der Waals surface area contributed by atoms with Crippen molar-refractivity contribution in [2.45, 2.75) is 83.8 Å². The molecule has 12 N–H and O–H groups in total. The molecule has 0 saturated carbocycles. The van der Waals surface area contributed by atoms with Crippen LogP contribution in [0.2, 0.25) is 0 Å². The van der Waals surface area contributed by atoms with E-state index in [4.69, 9.17) is 25.9 Å². The van der Waals surface area contributed by atoms with Crippen LogP contribution in [-0.4, -0.2) is 133 Å². The minimum absolute atomic E-state index is 0.00478. The van der Waals surface area contributed by atoms with Gasteiger partial charge < -0.3 is 66.7 Å². The number of likely N-dealkylation sites (N-methyl/N-ethyl adjacent to an activating group) is 1. The average Bonchev–Trinajstić information content (AvgIpc) is 3.66. The van der Waals surface area contributed by atoms with Gasteiger partial charge >= 0.3 is 18.1 Å². The summed E-state index contributed by atoms with van der Waals surface area (Å²) < 4.78 is 13.0. The highest BCUT2D eigenvalue weighted by atomic mass is 33.1. The van der Waals surface area contributed by atoms with Crippen molar-refractivity contribution in [2.75, 3.05) is 71.9 Å². The zero-order chi connectivity index (χ0) is 49.8. The van der Waals surface area contributed by atoms with Crippen LogP contribution in [0.25, 0.3) is 21.9 Å². The first-order valence-corrected chi connectivity index (χ1v) is 24.9. The Labute approximate surface area is 405 Å². The number of amides is 1. The van der Waals surface area contributed by atoms with E-state index < -0.39 is 53.3 Å². The number of pyridine rings is 1. The minimum atomic E-state index is -1.40. The Morgan fingerprint density at radius 3 is 2.45 bits per heavy atom.